The zero-order valence-electron chi connectivity index (χ0n) is 29.1. The van der Waals surface area contributed by atoms with Gasteiger partial charge < -0.3 is 0 Å². The van der Waals surface area contributed by atoms with E-state index in [-0.39, 0.29) is 0 Å². The molecule has 10 aromatic rings. The molecule has 0 saturated heterocycles. The minimum Gasteiger partial charge on any atom is -0.226 e. The van der Waals surface area contributed by atoms with Gasteiger partial charge in [0.2, 0.25) is 0 Å². The van der Waals surface area contributed by atoms with Gasteiger partial charge in [-0.2, -0.15) is 0 Å². The van der Waals surface area contributed by atoms with Crippen molar-refractivity contribution in [2.24, 2.45) is 0 Å². The molecule has 54 heavy (non-hydrogen) atoms. The summed E-state index contributed by atoms with van der Waals surface area (Å²) < 4.78 is 2.34. The molecular formula is C51H30N2S. The van der Waals surface area contributed by atoms with E-state index in [0.29, 0.717) is 0 Å². The highest BCUT2D eigenvalue weighted by Gasteiger charge is 2.52. The van der Waals surface area contributed by atoms with Gasteiger partial charge in [0.25, 0.3) is 0 Å². The molecule has 0 atom stereocenters. The first-order chi connectivity index (χ1) is 26.8. The van der Waals surface area contributed by atoms with Crippen LogP contribution in [0.3, 0.4) is 0 Å². The lowest BCUT2D eigenvalue weighted by molar-refractivity contribution is 0.795. The Bertz CT molecular complexity index is 3110. The molecule has 0 aliphatic heterocycles. The van der Waals surface area contributed by atoms with Crippen molar-refractivity contribution < 1.29 is 0 Å². The average molecular weight is 703 g/mol. The summed E-state index contributed by atoms with van der Waals surface area (Å²) in [6.07, 6.45) is 0. The molecule has 0 unspecified atom stereocenters. The summed E-state index contributed by atoms with van der Waals surface area (Å²) in [5, 5.41) is 3.68. The Labute approximate surface area is 316 Å². The molecule has 12 rings (SSSR count). The van der Waals surface area contributed by atoms with E-state index in [4.69, 9.17) is 9.97 Å². The SMILES string of the molecule is c1ccc(-c2c3c(cc4ccccc24)C2(c4ccccc4-c4ccccc42)c2cc(-c4nc(-c5ccccc5)c5sc6ccccc6c5n4)ccc2-3)cc1. The fraction of sp³-hybridized carbons (Fsp3) is 0.0196. The minimum absolute atomic E-state index is 0.525. The maximum atomic E-state index is 5.42. The van der Waals surface area contributed by atoms with E-state index in [2.05, 4.69) is 182 Å². The summed E-state index contributed by atoms with van der Waals surface area (Å²) in [5.41, 5.74) is 16.5. The molecule has 0 bridgehead atoms. The van der Waals surface area contributed by atoms with Crippen molar-refractivity contribution in [3.63, 3.8) is 0 Å². The van der Waals surface area contributed by atoms with Crippen LogP contribution in [0.5, 0.6) is 0 Å². The molecule has 8 aromatic carbocycles. The van der Waals surface area contributed by atoms with Gasteiger partial charge in [0, 0.05) is 21.2 Å². The van der Waals surface area contributed by atoms with Gasteiger partial charge in [-0.25, -0.2) is 9.97 Å². The van der Waals surface area contributed by atoms with Gasteiger partial charge in [-0.15, -0.1) is 11.3 Å². The minimum atomic E-state index is -0.525. The van der Waals surface area contributed by atoms with Crippen LogP contribution in [0.25, 0.3) is 87.1 Å². The fourth-order valence-corrected chi connectivity index (χ4v) is 10.7. The van der Waals surface area contributed by atoms with Crippen molar-refractivity contribution in [2.75, 3.05) is 0 Å². The quantitative estimate of drug-likeness (QED) is 0.183. The van der Waals surface area contributed by atoms with E-state index < -0.39 is 5.41 Å². The number of hydrogen-bond donors (Lipinski definition) is 0. The van der Waals surface area contributed by atoms with E-state index >= 15 is 0 Å². The molecule has 1 spiro atoms. The van der Waals surface area contributed by atoms with E-state index in [9.17, 15) is 0 Å². The van der Waals surface area contributed by atoms with Crippen LogP contribution >= 0.6 is 11.3 Å². The smallest absolute Gasteiger partial charge is 0.160 e. The van der Waals surface area contributed by atoms with Gasteiger partial charge in [0.1, 0.15) is 0 Å². The van der Waals surface area contributed by atoms with Crippen LogP contribution < -0.4 is 0 Å². The molecule has 2 aliphatic rings. The predicted octanol–water partition coefficient (Wildman–Crippen LogP) is 13.3. The molecule has 0 fully saturated rings. The number of rotatable bonds is 3. The third-order valence-electron chi connectivity index (χ3n) is 11.7. The third kappa shape index (κ3) is 3.94. The van der Waals surface area contributed by atoms with E-state index in [1.54, 1.807) is 11.3 Å². The molecular weight excluding hydrogens is 673 g/mol. The highest BCUT2D eigenvalue weighted by molar-refractivity contribution is 7.26. The Morgan fingerprint density at radius 2 is 1.04 bits per heavy atom. The largest absolute Gasteiger partial charge is 0.226 e. The summed E-state index contributed by atoms with van der Waals surface area (Å²) in [5.74, 6) is 0.742. The van der Waals surface area contributed by atoms with Gasteiger partial charge in [-0.1, -0.05) is 164 Å². The highest BCUT2D eigenvalue weighted by Crippen LogP contribution is 2.65. The van der Waals surface area contributed by atoms with Gasteiger partial charge in [-0.3, -0.25) is 0 Å². The lowest BCUT2D eigenvalue weighted by Gasteiger charge is -2.31. The Morgan fingerprint density at radius 1 is 0.407 bits per heavy atom. The molecule has 2 heterocycles. The Morgan fingerprint density at radius 3 is 1.80 bits per heavy atom. The molecule has 3 heteroatoms. The normalized spacial score (nSPS) is 13.3. The molecule has 2 nitrogen and oxygen atoms in total. The lowest BCUT2D eigenvalue weighted by atomic mass is 9.70. The van der Waals surface area contributed by atoms with Crippen molar-refractivity contribution in [3.8, 4) is 56.0 Å². The number of hydrogen-bond acceptors (Lipinski definition) is 3. The summed E-state index contributed by atoms with van der Waals surface area (Å²) >= 11 is 1.77. The van der Waals surface area contributed by atoms with Crippen LogP contribution in [0.1, 0.15) is 22.3 Å². The molecule has 0 saturated carbocycles. The highest BCUT2D eigenvalue weighted by atomic mass is 32.1. The second-order valence-corrected chi connectivity index (χ2v) is 15.5. The van der Waals surface area contributed by atoms with Crippen LogP contribution in [-0.2, 0) is 5.41 Å². The number of benzene rings is 8. The molecule has 2 aromatic heterocycles. The van der Waals surface area contributed by atoms with E-state index in [1.165, 1.54) is 76.5 Å². The zero-order chi connectivity index (χ0) is 35.4. The first-order valence-electron chi connectivity index (χ1n) is 18.5. The van der Waals surface area contributed by atoms with Crippen molar-refractivity contribution in [1.82, 2.24) is 9.97 Å². The average Bonchev–Trinajstić information content (AvgIpc) is 3.87. The summed E-state index contributed by atoms with van der Waals surface area (Å²) in [6.45, 7) is 0. The van der Waals surface area contributed by atoms with Crippen LogP contribution in [0.2, 0.25) is 0 Å². The van der Waals surface area contributed by atoms with Gasteiger partial charge >= 0.3 is 0 Å². The summed E-state index contributed by atoms with van der Waals surface area (Å²) in [7, 11) is 0. The molecule has 0 N–H and O–H groups in total. The first kappa shape index (κ1) is 29.9. The van der Waals surface area contributed by atoms with Crippen LogP contribution in [-0.4, -0.2) is 9.97 Å². The number of aromatic nitrogens is 2. The Balaban J connectivity index is 1.22. The topological polar surface area (TPSA) is 25.8 Å². The van der Waals surface area contributed by atoms with Crippen LogP contribution in [0.15, 0.2) is 182 Å². The Kier molecular flexibility index (Phi) is 6.17. The molecule has 0 amide bonds. The Hall–Kier alpha value is -6.68. The van der Waals surface area contributed by atoms with Gasteiger partial charge in [-0.05, 0) is 84.6 Å². The van der Waals surface area contributed by atoms with Crippen molar-refractivity contribution in [1.29, 1.82) is 0 Å². The predicted molar refractivity (Wildman–Crippen MR) is 225 cm³/mol. The standard InChI is InChI=1S/C51H30N2S/c1-3-15-31(16-4-1)45-35-20-8-7-19-33(35)29-43-46(45)38-28-27-34(30-42(38)51(43)40-24-12-9-21-36(40)37-22-10-13-25-41(37)51)50-52-47(32-17-5-2-6-18-32)49-48(53-50)39-23-11-14-26-44(39)54-49/h1-30H. The first-order valence-corrected chi connectivity index (χ1v) is 19.3. The summed E-state index contributed by atoms with van der Waals surface area (Å²) in [6, 6.07) is 66.6. The van der Waals surface area contributed by atoms with E-state index in [1.807, 2.05) is 0 Å². The third-order valence-corrected chi connectivity index (χ3v) is 12.9. The molecule has 2 aliphatic carbocycles. The lowest BCUT2D eigenvalue weighted by Crippen LogP contribution is -2.26. The number of nitrogens with zero attached hydrogens (tertiary/aromatic N) is 2. The maximum Gasteiger partial charge on any atom is 0.160 e. The molecule has 250 valence electrons. The van der Waals surface area contributed by atoms with Gasteiger partial charge in [0.05, 0.1) is 21.3 Å². The van der Waals surface area contributed by atoms with Crippen LogP contribution in [0, 0.1) is 0 Å². The monoisotopic (exact) mass is 702 g/mol. The second-order valence-electron chi connectivity index (χ2n) is 14.4. The second kappa shape index (κ2) is 11.2. The van der Waals surface area contributed by atoms with Crippen molar-refractivity contribution >= 4 is 42.4 Å². The van der Waals surface area contributed by atoms with Crippen molar-refractivity contribution in [2.45, 2.75) is 5.41 Å². The number of fused-ring (bicyclic) bond motifs is 14. The maximum absolute atomic E-state index is 5.42. The van der Waals surface area contributed by atoms with Crippen molar-refractivity contribution in [3.05, 3.63) is 204 Å². The number of thiophene rings is 1. The zero-order valence-corrected chi connectivity index (χ0v) is 29.9. The fourth-order valence-electron chi connectivity index (χ4n) is 9.51. The van der Waals surface area contributed by atoms with E-state index in [0.717, 1.165) is 32.9 Å². The van der Waals surface area contributed by atoms with Gasteiger partial charge in [0.15, 0.2) is 5.82 Å². The molecule has 0 radical (unpaired) electrons. The summed E-state index contributed by atoms with van der Waals surface area (Å²) in [4.78, 5) is 10.8. The van der Waals surface area contributed by atoms with Crippen LogP contribution in [0.4, 0.5) is 0 Å².